The van der Waals surface area contributed by atoms with E-state index in [1.807, 2.05) is 0 Å². The van der Waals surface area contributed by atoms with Gasteiger partial charge in [-0.3, -0.25) is 9.59 Å². The maximum absolute atomic E-state index is 11.8. The zero-order valence-corrected chi connectivity index (χ0v) is 11.4. The lowest BCUT2D eigenvalue weighted by molar-refractivity contribution is 0.0394. The van der Waals surface area contributed by atoms with Crippen molar-refractivity contribution >= 4 is 11.9 Å². The molecule has 0 saturated carbocycles. The van der Waals surface area contributed by atoms with E-state index in [1.165, 1.54) is 59.9 Å². The van der Waals surface area contributed by atoms with Crippen LogP contribution in [0.2, 0.25) is 0 Å². The first-order chi connectivity index (χ1) is 9.91. The molecule has 0 spiro atoms. The second-order valence-electron chi connectivity index (χ2n) is 4.35. The first-order valence-electron chi connectivity index (χ1n) is 5.99. The standard InChI is InChI=1S/C14H12N2O5/c1-15-7-3-5-9(11(15)17)13(19)21-14(20)10-6-4-8-16(2)12(10)18/h3-8H,1-2H3. The van der Waals surface area contributed by atoms with Gasteiger partial charge in [-0.25, -0.2) is 9.59 Å². The summed E-state index contributed by atoms with van der Waals surface area (Å²) < 4.78 is 6.96. The maximum atomic E-state index is 11.8. The van der Waals surface area contributed by atoms with E-state index in [9.17, 15) is 19.2 Å². The number of pyridine rings is 2. The molecular weight excluding hydrogens is 276 g/mol. The predicted octanol–water partition coefficient (Wildman–Crippen LogP) is 0.0812. The zero-order valence-electron chi connectivity index (χ0n) is 11.4. The lowest BCUT2D eigenvalue weighted by atomic mass is 10.2. The quantitative estimate of drug-likeness (QED) is 0.577. The third-order valence-corrected chi connectivity index (χ3v) is 2.87. The first kappa shape index (κ1) is 14.4. The lowest BCUT2D eigenvalue weighted by Crippen LogP contribution is -2.29. The highest BCUT2D eigenvalue weighted by Crippen LogP contribution is 2.00. The molecule has 0 N–H and O–H groups in total. The number of rotatable bonds is 2. The van der Waals surface area contributed by atoms with Gasteiger partial charge in [-0.05, 0) is 24.3 Å². The summed E-state index contributed by atoms with van der Waals surface area (Å²) in [6.07, 6.45) is 2.93. The van der Waals surface area contributed by atoms with Crippen LogP contribution in [0, 0.1) is 0 Å². The van der Waals surface area contributed by atoms with E-state index in [0.29, 0.717) is 0 Å². The largest absolute Gasteiger partial charge is 0.385 e. The van der Waals surface area contributed by atoms with E-state index in [-0.39, 0.29) is 11.1 Å². The molecule has 21 heavy (non-hydrogen) atoms. The van der Waals surface area contributed by atoms with Crippen LogP contribution in [0.25, 0.3) is 0 Å². The predicted molar refractivity (Wildman–Crippen MR) is 73.1 cm³/mol. The molecule has 0 unspecified atom stereocenters. The normalized spacial score (nSPS) is 10.2. The Morgan fingerprint density at radius 3 is 1.62 bits per heavy atom. The van der Waals surface area contributed by atoms with E-state index >= 15 is 0 Å². The Morgan fingerprint density at radius 1 is 0.857 bits per heavy atom. The smallest absolute Gasteiger partial charge is 0.351 e. The van der Waals surface area contributed by atoms with Gasteiger partial charge >= 0.3 is 11.9 Å². The summed E-state index contributed by atoms with van der Waals surface area (Å²) in [6.45, 7) is 0. The summed E-state index contributed by atoms with van der Waals surface area (Å²) >= 11 is 0. The van der Waals surface area contributed by atoms with Crippen LogP contribution in [-0.2, 0) is 18.8 Å². The van der Waals surface area contributed by atoms with Gasteiger partial charge in [-0.1, -0.05) is 0 Å². The van der Waals surface area contributed by atoms with Crippen LogP contribution in [0.4, 0.5) is 0 Å². The highest BCUT2D eigenvalue weighted by Gasteiger charge is 2.20. The van der Waals surface area contributed by atoms with Crippen molar-refractivity contribution < 1.29 is 14.3 Å². The summed E-state index contributed by atoms with van der Waals surface area (Å²) in [4.78, 5) is 47.1. The van der Waals surface area contributed by atoms with E-state index in [1.54, 1.807) is 0 Å². The van der Waals surface area contributed by atoms with Gasteiger partial charge in [-0.2, -0.15) is 0 Å². The SMILES string of the molecule is Cn1cccc(C(=O)OC(=O)c2cccn(C)c2=O)c1=O. The molecule has 7 nitrogen and oxygen atoms in total. The van der Waals surface area contributed by atoms with Gasteiger partial charge in [0.25, 0.3) is 11.1 Å². The summed E-state index contributed by atoms with van der Waals surface area (Å²) in [7, 11) is 2.93. The Hall–Kier alpha value is -2.96. The number of esters is 2. The van der Waals surface area contributed by atoms with Gasteiger partial charge in [0, 0.05) is 26.5 Å². The fraction of sp³-hybridized carbons (Fsp3) is 0.143. The number of ether oxygens (including phenoxy) is 1. The van der Waals surface area contributed by atoms with Gasteiger partial charge in [0.1, 0.15) is 11.1 Å². The van der Waals surface area contributed by atoms with Gasteiger partial charge in [0.15, 0.2) is 0 Å². The number of aromatic nitrogens is 2. The average molecular weight is 288 g/mol. The van der Waals surface area contributed by atoms with Crippen molar-refractivity contribution in [3.8, 4) is 0 Å². The van der Waals surface area contributed by atoms with Gasteiger partial charge < -0.3 is 13.9 Å². The van der Waals surface area contributed by atoms with E-state index < -0.39 is 23.1 Å². The number of carbonyl (C=O) groups excluding carboxylic acids is 2. The number of hydrogen-bond donors (Lipinski definition) is 0. The van der Waals surface area contributed by atoms with Crippen LogP contribution in [0.5, 0.6) is 0 Å². The number of aryl methyl sites for hydroxylation is 2. The third-order valence-electron chi connectivity index (χ3n) is 2.87. The van der Waals surface area contributed by atoms with Crippen molar-refractivity contribution in [1.82, 2.24) is 9.13 Å². The molecule has 0 aromatic carbocycles. The third kappa shape index (κ3) is 2.81. The monoisotopic (exact) mass is 288 g/mol. The van der Waals surface area contributed by atoms with Crippen LogP contribution in [0.1, 0.15) is 20.7 Å². The molecule has 2 aromatic rings. The molecule has 108 valence electrons. The van der Waals surface area contributed by atoms with Crippen LogP contribution >= 0.6 is 0 Å². The Balaban J connectivity index is 2.30. The Kier molecular flexibility index (Phi) is 3.84. The van der Waals surface area contributed by atoms with Crippen LogP contribution < -0.4 is 11.1 Å². The summed E-state index contributed by atoms with van der Waals surface area (Å²) in [6, 6.07) is 5.45. The fourth-order valence-electron chi connectivity index (χ4n) is 1.70. The van der Waals surface area contributed by atoms with E-state index in [0.717, 1.165) is 0 Å². The number of hydrogen-bond acceptors (Lipinski definition) is 5. The van der Waals surface area contributed by atoms with Crippen LogP contribution in [-0.4, -0.2) is 21.1 Å². The van der Waals surface area contributed by atoms with Crippen LogP contribution in [0.15, 0.2) is 46.2 Å². The molecule has 0 atom stereocenters. The zero-order chi connectivity index (χ0) is 15.6. The molecule has 0 aliphatic rings. The van der Waals surface area contributed by atoms with Crippen molar-refractivity contribution in [2.45, 2.75) is 0 Å². The minimum Gasteiger partial charge on any atom is -0.385 e. The minimum absolute atomic E-state index is 0.277. The number of carbonyl (C=O) groups is 2. The lowest BCUT2D eigenvalue weighted by Gasteiger charge is -2.04. The number of nitrogens with zero attached hydrogens (tertiary/aromatic N) is 2. The molecule has 0 radical (unpaired) electrons. The van der Waals surface area contributed by atoms with E-state index in [2.05, 4.69) is 4.74 Å². The molecule has 0 amide bonds. The summed E-state index contributed by atoms with van der Waals surface area (Å²) in [5.74, 6) is -2.18. The van der Waals surface area contributed by atoms with Gasteiger partial charge in [-0.15, -0.1) is 0 Å². The van der Waals surface area contributed by atoms with Gasteiger partial charge in [0.2, 0.25) is 0 Å². The molecule has 7 heteroatoms. The first-order valence-corrected chi connectivity index (χ1v) is 5.99. The minimum atomic E-state index is -1.09. The molecule has 2 aromatic heterocycles. The molecule has 2 rings (SSSR count). The Labute approximate surface area is 119 Å². The summed E-state index contributed by atoms with van der Waals surface area (Å²) in [5.41, 5.74) is -1.73. The second-order valence-corrected chi connectivity index (χ2v) is 4.35. The molecular formula is C14H12N2O5. The molecule has 2 heterocycles. The fourth-order valence-corrected chi connectivity index (χ4v) is 1.70. The topological polar surface area (TPSA) is 87.4 Å². The Bertz CT molecular complexity index is 762. The van der Waals surface area contributed by atoms with Crippen molar-refractivity contribution in [2.75, 3.05) is 0 Å². The average Bonchev–Trinajstić information content (AvgIpc) is 2.44. The molecule has 0 fully saturated rings. The van der Waals surface area contributed by atoms with Crippen molar-refractivity contribution in [1.29, 1.82) is 0 Å². The van der Waals surface area contributed by atoms with E-state index in [4.69, 9.17) is 0 Å². The van der Waals surface area contributed by atoms with Crippen LogP contribution in [0.3, 0.4) is 0 Å². The molecule has 0 saturated heterocycles. The highest BCUT2D eigenvalue weighted by molar-refractivity contribution is 6.02. The molecule has 0 aliphatic carbocycles. The Morgan fingerprint density at radius 2 is 1.24 bits per heavy atom. The van der Waals surface area contributed by atoms with Crippen molar-refractivity contribution in [3.63, 3.8) is 0 Å². The van der Waals surface area contributed by atoms with Gasteiger partial charge in [0.05, 0.1) is 0 Å². The maximum Gasteiger partial charge on any atom is 0.351 e. The second kappa shape index (κ2) is 5.58. The van der Waals surface area contributed by atoms with Crippen molar-refractivity contribution in [2.24, 2.45) is 14.1 Å². The summed E-state index contributed by atoms with van der Waals surface area (Å²) in [5, 5.41) is 0. The van der Waals surface area contributed by atoms with Crippen molar-refractivity contribution in [3.05, 3.63) is 68.5 Å². The highest BCUT2D eigenvalue weighted by atomic mass is 16.6. The molecule has 0 aliphatic heterocycles. The molecule has 0 bridgehead atoms.